The van der Waals surface area contributed by atoms with Crippen molar-refractivity contribution in [2.45, 2.75) is 12.7 Å². The predicted octanol–water partition coefficient (Wildman–Crippen LogP) is 3.93. The van der Waals surface area contributed by atoms with Crippen LogP contribution in [0, 0.1) is 6.92 Å². The molecule has 3 aromatic rings. The van der Waals surface area contributed by atoms with Gasteiger partial charge < -0.3 is 14.6 Å². The minimum absolute atomic E-state index is 0.0597. The summed E-state index contributed by atoms with van der Waals surface area (Å²) in [5.74, 6) is 2.51. The van der Waals surface area contributed by atoms with Crippen molar-refractivity contribution in [3.63, 3.8) is 0 Å². The van der Waals surface area contributed by atoms with Crippen LogP contribution in [0.4, 0.5) is 5.69 Å². The van der Waals surface area contributed by atoms with E-state index in [1.54, 1.807) is 7.11 Å². The first-order chi connectivity index (χ1) is 12.6. The number of thioether (sulfide) groups is 1. The lowest BCUT2D eigenvalue weighted by atomic mass is 10.2. The maximum atomic E-state index is 12.0. The zero-order valence-corrected chi connectivity index (χ0v) is 15.4. The molecule has 0 saturated heterocycles. The normalized spacial score (nSPS) is 10.5. The monoisotopic (exact) mass is 369 g/mol. The van der Waals surface area contributed by atoms with Crippen LogP contribution in [-0.4, -0.2) is 28.9 Å². The number of ether oxygens (including phenoxy) is 1. The zero-order valence-electron chi connectivity index (χ0n) is 14.6. The van der Waals surface area contributed by atoms with Crippen LogP contribution in [0.25, 0.3) is 11.4 Å². The van der Waals surface area contributed by atoms with E-state index in [2.05, 4.69) is 15.5 Å². The first kappa shape index (κ1) is 18.0. The number of nitrogens with one attached hydrogen (secondary N) is 1. The van der Waals surface area contributed by atoms with E-state index in [0.717, 1.165) is 22.6 Å². The Morgan fingerprint density at radius 3 is 2.77 bits per heavy atom. The summed E-state index contributed by atoms with van der Waals surface area (Å²) in [5, 5.41) is 6.85. The summed E-state index contributed by atoms with van der Waals surface area (Å²) in [6.07, 6.45) is 0. The minimum atomic E-state index is -0.0597. The highest BCUT2D eigenvalue weighted by molar-refractivity contribution is 7.99. The lowest BCUT2D eigenvalue weighted by molar-refractivity contribution is -0.113. The van der Waals surface area contributed by atoms with Gasteiger partial charge in [0.1, 0.15) is 5.75 Å². The molecule has 0 aliphatic carbocycles. The molecule has 0 unspecified atom stereocenters. The number of aryl methyl sites for hydroxylation is 1. The van der Waals surface area contributed by atoms with Crippen LogP contribution in [0.15, 0.2) is 53.1 Å². The molecule has 1 amide bonds. The maximum absolute atomic E-state index is 12.0. The molecule has 0 saturated carbocycles. The SMILES string of the molecule is COc1ccc(-c2noc(CSCC(=O)Nc3cccc(C)c3)n2)cc1. The molecular formula is C19H19N3O3S. The average Bonchev–Trinajstić information content (AvgIpc) is 3.11. The standard InChI is InChI=1S/C19H19N3O3S/c1-13-4-3-5-15(10-13)20-17(23)11-26-12-18-21-19(22-25-18)14-6-8-16(24-2)9-7-14/h3-10H,11-12H2,1-2H3,(H,20,23). The summed E-state index contributed by atoms with van der Waals surface area (Å²) < 4.78 is 10.4. The van der Waals surface area contributed by atoms with Gasteiger partial charge in [0.05, 0.1) is 18.6 Å². The maximum Gasteiger partial charge on any atom is 0.236 e. The molecule has 0 atom stereocenters. The quantitative estimate of drug-likeness (QED) is 0.680. The summed E-state index contributed by atoms with van der Waals surface area (Å²) in [6, 6.07) is 15.1. The van der Waals surface area contributed by atoms with Gasteiger partial charge in [-0.05, 0) is 48.9 Å². The van der Waals surface area contributed by atoms with Crippen LogP contribution < -0.4 is 10.1 Å². The van der Waals surface area contributed by atoms with Crippen molar-refractivity contribution in [1.29, 1.82) is 0 Å². The van der Waals surface area contributed by atoms with Crippen LogP contribution in [0.2, 0.25) is 0 Å². The Labute approximate surface area is 156 Å². The van der Waals surface area contributed by atoms with E-state index >= 15 is 0 Å². The Bertz CT molecular complexity index is 878. The number of amides is 1. The molecule has 0 aliphatic heterocycles. The van der Waals surface area contributed by atoms with Gasteiger partial charge >= 0.3 is 0 Å². The van der Waals surface area contributed by atoms with Crippen molar-refractivity contribution in [3.05, 3.63) is 60.0 Å². The molecule has 1 aromatic heterocycles. The second-order valence-electron chi connectivity index (χ2n) is 5.65. The molecule has 1 heterocycles. The average molecular weight is 369 g/mol. The first-order valence-corrected chi connectivity index (χ1v) is 9.21. The van der Waals surface area contributed by atoms with E-state index < -0.39 is 0 Å². The number of methoxy groups -OCH3 is 1. The smallest absolute Gasteiger partial charge is 0.236 e. The minimum Gasteiger partial charge on any atom is -0.497 e. The molecule has 6 nitrogen and oxygen atoms in total. The lowest BCUT2D eigenvalue weighted by Crippen LogP contribution is -2.14. The van der Waals surface area contributed by atoms with Crippen molar-refractivity contribution in [1.82, 2.24) is 10.1 Å². The third-order valence-corrected chi connectivity index (χ3v) is 4.49. The second-order valence-corrected chi connectivity index (χ2v) is 6.64. The Hall–Kier alpha value is -2.80. The van der Waals surface area contributed by atoms with Crippen LogP contribution in [0.3, 0.4) is 0 Å². The number of hydrogen-bond donors (Lipinski definition) is 1. The highest BCUT2D eigenvalue weighted by Gasteiger charge is 2.10. The van der Waals surface area contributed by atoms with Gasteiger partial charge in [-0.25, -0.2) is 0 Å². The number of rotatable bonds is 7. The number of nitrogens with zero attached hydrogens (tertiary/aromatic N) is 2. The number of hydrogen-bond acceptors (Lipinski definition) is 6. The summed E-state index contributed by atoms with van der Waals surface area (Å²) in [7, 11) is 1.62. The lowest BCUT2D eigenvalue weighted by Gasteiger charge is -2.05. The molecule has 0 radical (unpaired) electrons. The molecule has 0 spiro atoms. The van der Waals surface area contributed by atoms with Crippen LogP contribution >= 0.6 is 11.8 Å². The van der Waals surface area contributed by atoms with Crippen molar-refractivity contribution < 1.29 is 14.1 Å². The van der Waals surface area contributed by atoms with Gasteiger partial charge in [-0.15, -0.1) is 11.8 Å². The van der Waals surface area contributed by atoms with Gasteiger partial charge in [-0.1, -0.05) is 17.3 Å². The van der Waals surface area contributed by atoms with Gasteiger partial charge in [-0.3, -0.25) is 4.79 Å². The molecule has 1 N–H and O–H groups in total. The van der Waals surface area contributed by atoms with Crippen LogP contribution in [-0.2, 0) is 10.5 Å². The number of anilines is 1. The van der Waals surface area contributed by atoms with Gasteiger partial charge in [0, 0.05) is 11.3 Å². The van der Waals surface area contributed by atoms with Crippen molar-refractivity contribution >= 4 is 23.4 Å². The first-order valence-electron chi connectivity index (χ1n) is 8.05. The van der Waals surface area contributed by atoms with E-state index in [1.807, 2.05) is 55.5 Å². The summed E-state index contributed by atoms with van der Waals surface area (Å²) in [4.78, 5) is 16.3. The molecule has 0 bridgehead atoms. The third-order valence-electron chi connectivity index (χ3n) is 3.58. The zero-order chi connectivity index (χ0) is 18.4. The van der Waals surface area contributed by atoms with Crippen LogP contribution in [0.5, 0.6) is 5.75 Å². The van der Waals surface area contributed by atoms with Crippen LogP contribution in [0.1, 0.15) is 11.5 Å². The Morgan fingerprint density at radius 2 is 2.04 bits per heavy atom. The second kappa shape index (κ2) is 8.53. The number of aromatic nitrogens is 2. The topological polar surface area (TPSA) is 77.2 Å². The van der Waals surface area contributed by atoms with Crippen molar-refractivity contribution in [2.75, 3.05) is 18.2 Å². The summed E-state index contributed by atoms with van der Waals surface area (Å²) >= 11 is 1.42. The van der Waals surface area contributed by atoms with E-state index in [0.29, 0.717) is 23.2 Å². The molecular weight excluding hydrogens is 350 g/mol. The number of carbonyl (C=O) groups is 1. The summed E-state index contributed by atoms with van der Waals surface area (Å²) in [6.45, 7) is 1.99. The fraction of sp³-hybridized carbons (Fsp3) is 0.211. The Balaban J connectivity index is 1.49. The van der Waals surface area contributed by atoms with E-state index in [4.69, 9.17) is 9.26 Å². The number of benzene rings is 2. The molecule has 0 fully saturated rings. The van der Waals surface area contributed by atoms with Gasteiger partial charge in [-0.2, -0.15) is 4.98 Å². The molecule has 7 heteroatoms. The van der Waals surface area contributed by atoms with Gasteiger partial charge in [0.15, 0.2) is 0 Å². The Kier molecular flexibility index (Phi) is 5.91. The predicted molar refractivity (Wildman–Crippen MR) is 102 cm³/mol. The third kappa shape index (κ3) is 4.86. The fourth-order valence-electron chi connectivity index (χ4n) is 2.32. The molecule has 26 heavy (non-hydrogen) atoms. The molecule has 3 rings (SSSR count). The highest BCUT2D eigenvalue weighted by Crippen LogP contribution is 2.21. The fourth-order valence-corrected chi connectivity index (χ4v) is 2.97. The molecule has 2 aromatic carbocycles. The highest BCUT2D eigenvalue weighted by atomic mass is 32.2. The van der Waals surface area contributed by atoms with Crippen molar-refractivity contribution in [2.24, 2.45) is 0 Å². The van der Waals surface area contributed by atoms with E-state index in [-0.39, 0.29) is 5.91 Å². The molecule has 134 valence electrons. The number of carbonyl (C=O) groups excluding carboxylic acids is 1. The van der Waals surface area contributed by atoms with Gasteiger partial charge in [0.25, 0.3) is 0 Å². The van der Waals surface area contributed by atoms with Gasteiger partial charge in [0.2, 0.25) is 17.6 Å². The largest absolute Gasteiger partial charge is 0.497 e. The Morgan fingerprint density at radius 1 is 1.23 bits per heavy atom. The molecule has 0 aliphatic rings. The van der Waals surface area contributed by atoms with E-state index in [1.165, 1.54) is 11.8 Å². The van der Waals surface area contributed by atoms with Crippen molar-refractivity contribution in [3.8, 4) is 17.1 Å². The van der Waals surface area contributed by atoms with E-state index in [9.17, 15) is 4.79 Å². The summed E-state index contributed by atoms with van der Waals surface area (Å²) in [5.41, 5.74) is 2.76.